The van der Waals surface area contributed by atoms with Crippen LogP contribution in [0.5, 0.6) is 0 Å². The van der Waals surface area contributed by atoms with Gasteiger partial charge < -0.3 is 14.5 Å². The summed E-state index contributed by atoms with van der Waals surface area (Å²) in [7, 11) is 0. The van der Waals surface area contributed by atoms with Crippen LogP contribution < -0.4 is 0 Å². The Balaban J connectivity index is 2.01. The van der Waals surface area contributed by atoms with E-state index in [0.717, 1.165) is 0 Å². The second kappa shape index (κ2) is 7.09. The first-order valence-corrected chi connectivity index (χ1v) is 8.61. The fourth-order valence-electron chi connectivity index (χ4n) is 2.42. The summed E-state index contributed by atoms with van der Waals surface area (Å²) in [5, 5.41) is 0. The highest BCUT2D eigenvalue weighted by Crippen LogP contribution is 2.23. The third kappa shape index (κ3) is 4.26. The zero-order valence-corrected chi connectivity index (χ0v) is 15.9. The number of hydrogen-bond acceptors (Lipinski definition) is 3. The van der Waals surface area contributed by atoms with Crippen LogP contribution in [0.2, 0.25) is 0 Å². The lowest BCUT2D eigenvalue weighted by Crippen LogP contribution is -2.51. The van der Waals surface area contributed by atoms with Crippen LogP contribution in [0.1, 0.15) is 36.7 Å². The molecule has 0 saturated carbocycles. The fourth-order valence-corrected chi connectivity index (χ4v) is 2.72. The summed E-state index contributed by atoms with van der Waals surface area (Å²) in [4.78, 5) is 27.7. The zero-order chi connectivity index (χ0) is 18.1. The number of ether oxygens (including phenoxy) is 1. The maximum absolute atomic E-state index is 14.3. The minimum absolute atomic E-state index is 0.0569. The highest BCUT2D eigenvalue weighted by Gasteiger charge is 2.29. The van der Waals surface area contributed by atoms with E-state index in [1.165, 1.54) is 6.07 Å². The van der Waals surface area contributed by atoms with Gasteiger partial charge in [-0.3, -0.25) is 4.79 Å². The summed E-state index contributed by atoms with van der Waals surface area (Å²) in [6.07, 6.45) is -0.389. The summed E-state index contributed by atoms with van der Waals surface area (Å²) in [6.45, 7) is 8.50. The van der Waals surface area contributed by atoms with Crippen molar-refractivity contribution in [1.29, 1.82) is 0 Å². The summed E-state index contributed by atoms with van der Waals surface area (Å²) >= 11 is 3.25. The van der Waals surface area contributed by atoms with Crippen molar-refractivity contribution >= 4 is 27.9 Å². The van der Waals surface area contributed by atoms with Crippen molar-refractivity contribution in [1.82, 2.24) is 9.80 Å². The Morgan fingerprint density at radius 1 is 1.12 bits per heavy atom. The Kier molecular flexibility index (Phi) is 5.52. The summed E-state index contributed by atoms with van der Waals surface area (Å²) in [5.41, 5.74) is -0.0862. The van der Waals surface area contributed by atoms with E-state index >= 15 is 0 Å². The van der Waals surface area contributed by atoms with Crippen molar-refractivity contribution in [3.05, 3.63) is 33.5 Å². The Morgan fingerprint density at radius 3 is 2.21 bits per heavy atom. The second-order valence-electron chi connectivity index (χ2n) is 6.79. The van der Waals surface area contributed by atoms with Gasteiger partial charge in [0.05, 0.1) is 5.56 Å². The van der Waals surface area contributed by atoms with Crippen molar-refractivity contribution in [2.75, 3.05) is 26.2 Å². The molecule has 1 heterocycles. The molecule has 0 bridgehead atoms. The van der Waals surface area contributed by atoms with Crippen molar-refractivity contribution in [3.8, 4) is 0 Å². The van der Waals surface area contributed by atoms with Crippen LogP contribution >= 0.6 is 15.9 Å². The highest BCUT2D eigenvalue weighted by molar-refractivity contribution is 9.10. The van der Waals surface area contributed by atoms with Crippen LogP contribution in [-0.4, -0.2) is 53.6 Å². The molecule has 1 saturated heterocycles. The molecule has 7 heteroatoms. The maximum atomic E-state index is 14.3. The van der Waals surface area contributed by atoms with Crippen LogP contribution in [-0.2, 0) is 4.74 Å². The summed E-state index contributed by atoms with van der Waals surface area (Å²) < 4.78 is 20.3. The summed E-state index contributed by atoms with van der Waals surface area (Å²) in [5.74, 6) is -0.865. The van der Waals surface area contributed by atoms with Gasteiger partial charge in [-0.1, -0.05) is 15.9 Å². The quantitative estimate of drug-likeness (QED) is 0.723. The third-order valence-electron chi connectivity index (χ3n) is 3.77. The van der Waals surface area contributed by atoms with Crippen molar-refractivity contribution < 1.29 is 18.7 Å². The van der Waals surface area contributed by atoms with Crippen LogP contribution in [0.4, 0.5) is 9.18 Å². The molecule has 0 N–H and O–H groups in total. The smallest absolute Gasteiger partial charge is 0.410 e. The van der Waals surface area contributed by atoms with Crippen LogP contribution in [0.15, 0.2) is 16.6 Å². The highest BCUT2D eigenvalue weighted by atomic mass is 79.9. The molecular weight excluding hydrogens is 379 g/mol. The number of carbonyl (C=O) groups is 2. The molecule has 0 radical (unpaired) electrons. The average Bonchev–Trinajstić information content (AvgIpc) is 2.51. The normalized spacial score (nSPS) is 15.4. The molecule has 2 amide bonds. The van der Waals surface area contributed by atoms with Gasteiger partial charge in [0.15, 0.2) is 0 Å². The molecule has 1 fully saturated rings. The average molecular weight is 401 g/mol. The van der Waals surface area contributed by atoms with E-state index in [1.807, 2.05) is 20.8 Å². The van der Waals surface area contributed by atoms with Crippen LogP contribution in [0.3, 0.4) is 0 Å². The topological polar surface area (TPSA) is 49.9 Å². The van der Waals surface area contributed by atoms with Crippen molar-refractivity contribution in [2.45, 2.75) is 33.3 Å². The number of nitrogens with zero attached hydrogens (tertiary/aromatic N) is 2. The van der Waals surface area contributed by atoms with E-state index < -0.39 is 11.4 Å². The Bertz CT molecular complexity index is 650. The first kappa shape index (κ1) is 18.7. The molecule has 0 unspecified atom stereocenters. The van der Waals surface area contributed by atoms with E-state index in [9.17, 15) is 14.0 Å². The zero-order valence-electron chi connectivity index (χ0n) is 14.4. The Morgan fingerprint density at radius 2 is 1.67 bits per heavy atom. The Hall–Kier alpha value is -1.63. The van der Waals surface area contributed by atoms with E-state index in [1.54, 1.807) is 22.8 Å². The number of amides is 2. The minimum Gasteiger partial charge on any atom is -0.444 e. The van der Waals surface area contributed by atoms with Crippen molar-refractivity contribution in [3.63, 3.8) is 0 Å². The van der Waals surface area contributed by atoms with Gasteiger partial charge in [0, 0.05) is 30.7 Å². The Labute approximate surface area is 149 Å². The van der Waals surface area contributed by atoms with E-state index in [4.69, 9.17) is 4.74 Å². The lowest BCUT2D eigenvalue weighted by Gasteiger charge is -2.35. The second-order valence-corrected chi connectivity index (χ2v) is 7.65. The van der Waals surface area contributed by atoms with Crippen molar-refractivity contribution in [2.24, 2.45) is 0 Å². The van der Waals surface area contributed by atoms with Gasteiger partial charge in [0.1, 0.15) is 11.4 Å². The third-order valence-corrected chi connectivity index (χ3v) is 4.63. The number of hydrogen-bond donors (Lipinski definition) is 0. The van der Waals surface area contributed by atoms with Gasteiger partial charge in [0.2, 0.25) is 0 Å². The predicted octanol–water partition coefficient (Wildman–Crippen LogP) is 3.59. The summed E-state index contributed by atoms with van der Waals surface area (Å²) in [6, 6.07) is 3.15. The lowest BCUT2D eigenvalue weighted by molar-refractivity contribution is 0.0140. The number of piperazine rings is 1. The van der Waals surface area contributed by atoms with Crippen LogP contribution in [0.25, 0.3) is 0 Å². The molecular formula is C17H22BrFN2O3. The molecule has 0 aliphatic carbocycles. The first-order chi connectivity index (χ1) is 11.1. The molecule has 1 aromatic rings. The molecule has 1 aliphatic rings. The molecule has 0 aromatic heterocycles. The van der Waals surface area contributed by atoms with Gasteiger partial charge in [-0.2, -0.15) is 0 Å². The SMILES string of the molecule is Cc1c(Br)ccc(C(=O)N2CCN(C(=O)OC(C)(C)C)CC2)c1F. The number of benzene rings is 1. The van der Waals surface area contributed by atoms with Gasteiger partial charge in [-0.15, -0.1) is 0 Å². The lowest BCUT2D eigenvalue weighted by atomic mass is 10.1. The van der Waals surface area contributed by atoms with Crippen LogP contribution in [0, 0.1) is 12.7 Å². The molecule has 1 aromatic carbocycles. The molecule has 0 spiro atoms. The standard InChI is InChI=1S/C17H22BrFN2O3/c1-11-13(18)6-5-12(14(11)19)15(22)20-7-9-21(10-8-20)16(23)24-17(2,3)4/h5-6H,7-10H2,1-4H3. The van der Waals surface area contributed by atoms with Gasteiger partial charge in [-0.05, 0) is 45.4 Å². The molecule has 132 valence electrons. The monoisotopic (exact) mass is 400 g/mol. The molecule has 24 heavy (non-hydrogen) atoms. The molecule has 5 nitrogen and oxygen atoms in total. The predicted molar refractivity (Wildman–Crippen MR) is 92.5 cm³/mol. The van der Waals surface area contributed by atoms with E-state index in [-0.39, 0.29) is 17.6 Å². The number of carbonyl (C=O) groups excluding carboxylic acids is 2. The van der Waals surface area contributed by atoms with Gasteiger partial charge >= 0.3 is 6.09 Å². The van der Waals surface area contributed by atoms with E-state index in [2.05, 4.69) is 15.9 Å². The molecule has 1 aliphatic heterocycles. The molecule has 2 rings (SSSR count). The van der Waals surface area contributed by atoms with Gasteiger partial charge in [-0.25, -0.2) is 9.18 Å². The van der Waals surface area contributed by atoms with Gasteiger partial charge in [0.25, 0.3) is 5.91 Å². The maximum Gasteiger partial charge on any atom is 0.410 e. The molecule has 0 atom stereocenters. The van der Waals surface area contributed by atoms with E-state index in [0.29, 0.717) is 36.2 Å². The first-order valence-electron chi connectivity index (χ1n) is 7.82. The minimum atomic E-state index is -0.553. The largest absolute Gasteiger partial charge is 0.444 e. The number of halogens is 2. The fraction of sp³-hybridized carbons (Fsp3) is 0.529. The number of rotatable bonds is 1.